The number of hydrogen-bond donors (Lipinski definition) is 0. The first-order valence-corrected chi connectivity index (χ1v) is 8.37. The van der Waals surface area contributed by atoms with Gasteiger partial charge in [0.05, 0.1) is 0 Å². The van der Waals surface area contributed by atoms with Crippen molar-refractivity contribution in [1.82, 2.24) is 0 Å². The fourth-order valence-corrected chi connectivity index (χ4v) is 1.96. The Morgan fingerprint density at radius 3 is 2.27 bits per heavy atom. The monoisotopic (exact) mass is 228 g/mol. The molecule has 0 N–H and O–H groups in total. The van der Waals surface area contributed by atoms with Gasteiger partial charge in [-0.2, -0.15) is 0 Å². The van der Waals surface area contributed by atoms with E-state index >= 15 is 0 Å². The summed E-state index contributed by atoms with van der Waals surface area (Å²) in [5, 5.41) is 0.251. The zero-order valence-electron chi connectivity index (χ0n) is 10.8. The lowest BCUT2D eigenvalue weighted by Crippen LogP contribution is -2.41. The average molecular weight is 228 g/mol. The molecular formula is C12H24O2Si. The van der Waals surface area contributed by atoms with Gasteiger partial charge in [-0.05, 0) is 30.1 Å². The van der Waals surface area contributed by atoms with Crippen molar-refractivity contribution in [2.75, 3.05) is 6.61 Å². The molecule has 0 radical (unpaired) electrons. The van der Waals surface area contributed by atoms with Crippen molar-refractivity contribution in [2.24, 2.45) is 5.92 Å². The molecule has 0 aromatic heterocycles. The van der Waals surface area contributed by atoms with Crippen molar-refractivity contribution >= 4 is 14.6 Å². The summed E-state index contributed by atoms with van der Waals surface area (Å²) in [6, 6.07) is 0. The molecule has 0 aliphatic carbocycles. The van der Waals surface area contributed by atoms with Crippen LogP contribution in [0.4, 0.5) is 0 Å². The molecule has 3 heteroatoms. The van der Waals surface area contributed by atoms with Gasteiger partial charge in [-0.1, -0.05) is 33.8 Å². The maximum atomic E-state index is 10.2. The Labute approximate surface area is 94.8 Å². The summed E-state index contributed by atoms with van der Waals surface area (Å²) in [6.07, 6.45) is 4.24. The van der Waals surface area contributed by atoms with Crippen molar-refractivity contribution < 1.29 is 9.22 Å². The van der Waals surface area contributed by atoms with E-state index in [-0.39, 0.29) is 5.04 Å². The van der Waals surface area contributed by atoms with Crippen molar-refractivity contribution in [1.29, 1.82) is 0 Å². The molecule has 2 nitrogen and oxygen atoms in total. The van der Waals surface area contributed by atoms with Crippen LogP contribution in [0.1, 0.15) is 27.7 Å². The van der Waals surface area contributed by atoms with Crippen molar-refractivity contribution in [3.05, 3.63) is 12.2 Å². The minimum absolute atomic E-state index is 0.251. The van der Waals surface area contributed by atoms with Crippen LogP contribution in [0, 0.1) is 5.92 Å². The Kier molecular flexibility index (Phi) is 5.46. The molecule has 0 aliphatic heterocycles. The van der Waals surface area contributed by atoms with E-state index in [2.05, 4.69) is 40.8 Å². The average Bonchev–Trinajstić information content (AvgIpc) is 2.09. The number of rotatable bonds is 5. The number of allylic oxidation sites excluding steroid dienone is 1. The minimum Gasteiger partial charge on any atom is -0.416 e. The van der Waals surface area contributed by atoms with Crippen LogP contribution in [-0.2, 0) is 9.22 Å². The highest BCUT2D eigenvalue weighted by Crippen LogP contribution is 2.36. The second kappa shape index (κ2) is 5.61. The molecule has 0 fully saturated rings. The Hall–Kier alpha value is -0.413. The van der Waals surface area contributed by atoms with E-state index in [1.165, 1.54) is 0 Å². The van der Waals surface area contributed by atoms with Gasteiger partial charge in [-0.3, -0.25) is 4.79 Å². The smallest absolute Gasteiger partial charge is 0.192 e. The molecule has 0 heterocycles. The molecule has 0 amide bonds. The van der Waals surface area contributed by atoms with E-state index in [0.29, 0.717) is 12.5 Å². The number of carbonyl (C=O) groups excluding carboxylic acids is 1. The van der Waals surface area contributed by atoms with Crippen LogP contribution in [0.3, 0.4) is 0 Å². The van der Waals surface area contributed by atoms with E-state index in [0.717, 1.165) is 6.29 Å². The van der Waals surface area contributed by atoms with Crippen LogP contribution in [0.15, 0.2) is 12.2 Å². The predicted molar refractivity (Wildman–Crippen MR) is 67.5 cm³/mol. The van der Waals surface area contributed by atoms with Crippen molar-refractivity contribution in [3.63, 3.8) is 0 Å². The highest BCUT2D eigenvalue weighted by atomic mass is 28.4. The number of aldehydes is 1. The molecule has 0 saturated carbocycles. The molecule has 0 aromatic rings. The van der Waals surface area contributed by atoms with Crippen LogP contribution in [0.5, 0.6) is 0 Å². The predicted octanol–water partition coefficient (Wildman–Crippen LogP) is 3.40. The fourth-order valence-electron chi connectivity index (χ4n) is 0.847. The second-order valence-electron chi connectivity index (χ2n) is 5.57. The maximum absolute atomic E-state index is 10.2. The topological polar surface area (TPSA) is 26.3 Å². The molecule has 0 saturated heterocycles. The van der Waals surface area contributed by atoms with Crippen LogP contribution in [-0.4, -0.2) is 21.2 Å². The number of hydrogen-bond acceptors (Lipinski definition) is 2. The van der Waals surface area contributed by atoms with E-state index in [1.54, 1.807) is 6.08 Å². The summed E-state index contributed by atoms with van der Waals surface area (Å²) >= 11 is 0. The third kappa shape index (κ3) is 5.28. The Morgan fingerprint density at radius 1 is 1.33 bits per heavy atom. The Bertz CT molecular complexity index is 226. The first-order valence-electron chi connectivity index (χ1n) is 5.46. The van der Waals surface area contributed by atoms with Gasteiger partial charge >= 0.3 is 0 Å². The van der Waals surface area contributed by atoms with Gasteiger partial charge < -0.3 is 4.43 Å². The normalized spacial score (nSPS) is 15.6. The summed E-state index contributed by atoms with van der Waals surface area (Å²) in [4.78, 5) is 10.2. The molecule has 0 spiro atoms. The van der Waals surface area contributed by atoms with Gasteiger partial charge in [0.25, 0.3) is 0 Å². The van der Waals surface area contributed by atoms with Crippen LogP contribution in [0.25, 0.3) is 0 Å². The first kappa shape index (κ1) is 14.6. The zero-order chi connectivity index (χ0) is 12.1. The summed E-state index contributed by atoms with van der Waals surface area (Å²) < 4.78 is 6.02. The highest BCUT2D eigenvalue weighted by molar-refractivity contribution is 6.74. The molecule has 0 unspecified atom stereocenters. The largest absolute Gasteiger partial charge is 0.416 e. The standard InChI is InChI=1S/C12H24O2Si/c1-11(8-7-9-13)10-14-15(5,6)12(2,3)4/h7-9,11H,10H2,1-6H3/b8-7+/t11-/m0/s1. The van der Waals surface area contributed by atoms with Gasteiger partial charge in [0.2, 0.25) is 0 Å². The highest BCUT2D eigenvalue weighted by Gasteiger charge is 2.37. The molecule has 0 rings (SSSR count). The zero-order valence-corrected chi connectivity index (χ0v) is 11.8. The van der Waals surface area contributed by atoms with E-state index in [9.17, 15) is 4.79 Å². The Balaban J connectivity index is 4.15. The third-order valence-electron chi connectivity index (χ3n) is 3.03. The van der Waals surface area contributed by atoms with Gasteiger partial charge in [-0.15, -0.1) is 0 Å². The fraction of sp³-hybridized carbons (Fsp3) is 0.750. The van der Waals surface area contributed by atoms with Crippen molar-refractivity contribution in [3.8, 4) is 0 Å². The first-order chi connectivity index (χ1) is 6.70. The van der Waals surface area contributed by atoms with Gasteiger partial charge in [0, 0.05) is 6.61 Å². The van der Waals surface area contributed by atoms with E-state index in [4.69, 9.17) is 4.43 Å². The molecule has 1 atom stereocenters. The lowest BCUT2D eigenvalue weighted by molar-refractivity contribution is -0.104. The lowest BCUT2D eigenvalue weighted by Gasteiger charge is -2.36. The molecule has 0 bridgehead atoms. The quantitative estimate of drug-likeness (QED) is 0.409. The lowest BCUT2D eigenvalue weighted by atomic mass is 10.2. The van der Waals surface area contributed by atoms with Gasteiger partial charge in [0.1, 0.15) is 6.29 Å². The SMILES string of the molecule is C[C@@H](/C=C/C=O)CO[Si](C)(C)C(C)(C)C. The van der Waals surface area contributed by atoms with Crippen LogP contribution in [0.2, 0.25) is 18.1 Å². The summed E-state index contributed by atoms with van der Waals surface area (Å²) in [6.45, 7) is 13.9. The minimum atomic E-state index is -1.63. The van der Waals surface area contributed by atoms with E-state index < -0.39 is 8.32 Å². The summed E-state index contributed by atoms with van der Waals surface area (Å²) in [5.74, 6) is 0.310. The molecule has 0 aromatic carbocycles. The molecule has 88 valence electrons. The number of carbonyl (C=O) groups is 1. The molecular weight excluding hydrogens is 204 g/mol. The molecule has 0 aliphatic rings. The maximum Gasteiger partial charge on any atom is 0.192 e. The van der Waals surface area contributed by atoms with Crippen molar-refractivity contribution in [2.45, 2.75) is 45.8 Å². The third-order valence-corrected chi connectivity index (χ3v) is 7.53. The van der Waals surface area contributed by atoms with Gasteiger partial charge in [0.15, 0.2) is 8.32 Å². The van der Waals surface area contributed by atoms with Gasteiger partial charge in [-0.25, -0.2) is 0 Å². The summed E-state index contributed by atoms with van der Waals surface area (Å²) in [7, 11) is -1.63. The summed E-state index contributed by atoms with van der Waals surface area (Å²) in [5.41, 5.74) is 0. The van der Waals surface area contributed by atoms with Crippen LogP contribution < -0.4 is 0 Å². The second-order valence-corrected chi connectivity index (χ2v) is 10.4. The van der Waals surface area contributed by atoms with Crippen LogP contribution >= 0.6 is 0 Å². The molecule has 15 heavy (non-hydrogen) atoms. The Morgan fingerprint density at radius 2 is 1.87 bits per heavy atom. The van der Waals surface area contributed by atoms with E-state index in [1.807, 2.05) is 6.08 Å².